The van der Waals surface area contributed by atoms with E-state index in [9.17, 15) is 8.42 Å². The van der Waals surface area contributed by atoms with Gasteiger partial charge in [-0.2, -0.15) is 4.31 Å². The van der Waals surface area contributed by atoms with Crippen molar-refractivity contribution in [3.8, 4) is 0 Å². The number of fused-ring (bicyclic) bond motifs is 2. The molecule has 0 radical (unpaired) electrons. The molecule has 2 fully saturated rings. The van der Waals surface area contributed by atoms with Crippen molar-refractivity contribution in [2.75, 3.05) is 20.1 Å². The minimum absolute atomic E-state index is 0.301. The first-order valence-corrected chi connectivity index (χ1v) is 8.15. The zero-order chi connectivity index (χ0) is 13.5. The van der Waals surface area contributed by atoms with Gasteiger partial charge in [-0.05, 0) is 38.4 Å². The summed E-state index contributed by atoms with van der Waals surface area (Å²) in [6.07, 6.45) is 6.24. The Morgan fingerprint density at radius 1 is 1.26 bits per heavy atom. The van der Waals surface area contributed by atoms with Crippen molar-refractivity contribution in [2.45, 2.75) is 36.2 Å². The molecular formula is C13H19N3O2S. The molecule has 1 aromatic rings. The number of nitrogens with zero attached hydrogens (tertiary/aromatic N) is 3. The molecule has 2 atom stereocenters. The average Bonchev–Trinajstić information content (AvgIpc) is 2.63. The van der Waals surface area contributed by atoms with Crippen LogP contribution >= 0.6 is 0 Å². The normalized spacial score (nSPS) is 29.3. The largest absolute Gasteiger partial charge is 0.299 e. The van der Waals surface area contributed by atoms with Crippen LogP contribution in [0, 0.1) is 0 Å². The lowest BCUT2D eigenvalue weighted by molar-refractivity contribution is 0.246. The lowest BCUT2D eigenvalue weighted by Gasteiger charge is -2.25. The molecule has 0 N–H and O–H groups in total. The van der Waals surface area contributed by atoms with E-state index in [0.29, 0.717) is 30.1 Å². The predicted molar refractivity (Wildman–Crippen MR) is 72.2 cm³/mol. The summed E-state index contributed by atoms with van der Waals surface area (Å²) >= 11 is 0. The van der Waals surface area contributed by atoms with Gasteiger partial charge >= 0.3 is 0 Å². The van der Waals surface area contributed by atoms with E-state index in [4.69, 9.17) is 0 Å². The van der Waals surface area contributed by atoms with E-state index in [1.165, 1.54) is 12.6 Å². The highest BCUT2D eigenvalue weighted by atomic mass is 32.2. The van der Waals surface area contributed by atoms with Gasteiger partial charge in [-0.15, -0.1) is 0 Å². The number of aromatic nitrogens is 1. The fourth-order valence-corrected chi connectivity index (χ4v) is 4.60. The number of rotatable bonds is 2. The van der Waals surface area contributed by atoms with Crippen LogP contribution in [0.25, 0.3) is 0 Å². The van der Waals surface area contributed by atoms with Gasteiger partial charge < -0.3 is 0 Å². The molecular weight excluding hydrogens is 262 g/mol. The Balaban J connectivity index is 1.87. The fraction of sp³-hybridized carbons (Fsp3) is 0.615. The second-order valence-corrected chi connectivity index (χ2v) is 7.33. The van der Waals surface area contributed by atoms with E-state index in [2.05, 4.69) is 16.9 Å². The molecule has 2 aliphatic heterocycles. The summed E-state index contributed by atoms with van der Waals surface area (Å²) in [6.45, 7) is 1.22. The average molecular weight is 281 g/mol. The first-order valence-electron chi connectivity index (χ1n) is 6.71. The topological polar surface area (TPSA) is 53.5 Å². The number of pyridine rings is 1. The molecule has 2 aliphatic rings. The van der Waals surface area contributed by atoms with Crippen LogP contribution in [0.2, 0.25) is 0 Å². The third kappa shape index (κ3) is 2.28. The van der Waals surface area contributed by atoms with Gasteiger partial charge in [0.2, 0.25) is 10.0 Å². The van der Waals surface area contributed by atoms with Crippen molar-refractivity contribution in [3.63, 3.8) is 0 Å². The van der Waals surface area contributed by atoms with Crippen molar-refractivity contribution >= 4 is 10.0 Å². The molecule has 104 valence electrons. The molecule has 6 heteroatoms. The Morgan fingerprint density at radius 2 is 2.05 bits per heavy atom. The van der Waals surface area contributed by atoms with Gasteiger partial charge in [0.1, 0.15) is 4.90 Å². The fourth-order valence-electron chi connectivity index (χ4n) is 3.14. The Morgan fingerprint density at radius 3 is 2.79 bits per heavy atom. The zero-order valence-corrected chi connectivity index (χ0v) is 11.9. The zero-order valence-electron chi connectivity index (χ0n) is 11.1. The lowest BCUT2D eigenvalue weighted by Crippen LogP contribution is -2.39. The van der Waals surface area contributed by atoms with Crippen molar-refractivity contribution < 1.29 is 8.42 Å². The Hall–Kier alpha value is -0.980. The van der Waals surface area contributed by atoms with Gasteiger partial charge in [-0.25, -0.2) is 8.42 Å². The molecule has 2 bridgehead atoms. The number of hydrogen-bond donors (Lipinski definition) is 0. The minimum atomic E-state index is -3.39. The van der Waals surface area contributed by atoms with E-state index in [-0.39, 0.29) is 0 Å². The first kappa shape index (κ1) is 13.0. The van der Waals surface area contributed by atoms with Crippen LogP contribution in [0.15, 0.2) is 29.4 Å². The molecule has 0 saturated carbocycles. The SMILES string of the molecule is CN1[C@H]2CC[C@@H]1CN(S(=O)(=O)c1cccnc1)CC2. The maximum atomic E-state index is 12.6. The van der Waals surface area contributed by atoms with E-state index >= 15 is 0 Å². The second kappa shape index (κ2) is 4.85. The summed E-state index contributed by atoms with van der Waals surface area (Å²) in [6, 6.07) is 4.19. The summed E-state index contributed by atoms with van der Waals surface area (Å²) in [7, 11) is -1.27. The summed E-state index contributed by atoms with van der Waals surface area (Å²) in [5, 5.41) is 0. The van der Waals surface area contributed by atoms with Crippen LogP contribution in [0.5, 0.6) is 0 Å². The van der Waals surface area contributed by atoms with Crippen LogP contribution in [0.3, 0.4) is 0 Å². The molecule has 19 heavy (non-hydrogen) atoms. The van der Waals surface area contributed by atoms with Gasteiger partial charge in [-0.1, -0.05) is 0 Å². The van der Waals surface area contributed by atoms with Crippen LogP contribution in [0.1, 0.15) is 19.3 Å². The molecule has 2 saturated heterocycles. The van der Waals surface area contributed by atoms with Gasteiger partial charge in [-0.3, -0.25) is 9.88 Å². The number of sulfonamides is 1. The standard InChI is InChI=1S/C13H19N3O2S/c1-15-11-4-5-12(15)10-16(8-6-11)19(17,18)13-3-2-7-14-9-13/h2-3,7,9,11-12H,4-6,8,10H2,1H3/t11-,12+/m0/s1. The number of likely N-dealkylation sites (N-methyl/N-ethyl adjacent to an activating group) is 1. The van der Waals surface area contributed by atoms with Crippen LogP contribution < -0.4 is 0 Å². The Bertz CT molecular complexity index is 546. The molecule has 0 unspecified atom stereocenters. The summed E-state index contributed by atoms with van der Waals surface area (Å²) in [5.41, 5.74) is 0. The van der Waals surface area contributed by atoms with Crippen molar-refractivity contribution in [1.82, 2.24) is 14.2 Å². The maximum Gasteiger partial charge on any atom is 0.244 e. The smallest absolute Gasteiger partial charge is 0.244 e. The van der Waals surface area contributed by atoms with Crippen molar-refractivity contribution in [3.05, 3.63) is 24.5 Å². The van der Waals surface area contributed by atoms with E-state index in [0.717, 1.165) is 12.8 Å². The highest BCUT2D eigenvalue weighted by Crippen LogP contribution is 2.30. The van der Waals surface area contributed by atoms with Crippen LogP contribution in [-0.4, -0.2) is 54.8 Å². The summed E-state index contributed by atoms with van der Waals surface area (Å²) in [5.74, 6) is 0. The molecule has 3 heterocycles. The monoisotopic (exact) mass is 281 g/mol. The highest BCUT2D eigenvalue weighted by molar-refractivity contribution is 7.89. The molecule has 0 aliphatic carbocycles. The molecule has 1 aromatic heterocycles. The number of hydrogen-bond acceptors (Lipinski definition) is 4. The summed E-state index contributed by atoms with van der Waals surface area (Å²) in [4.78, 5) is 6.56. The van der Waals surface area contributed by atoms with Gasteiger partial charge in [0.15, 0.2) is 0 Å². The maximum absolute atomic E-state index is 12.6. The molecule has 0 aromatic carbocycles. The van der Waals surface area contributed by atoms with Gasteiger partial charge in [0.05, 0.1) is 0 Å². The summed E-state index contributed by atoms with van der Waals surface area (Å²) < 4.78 is 26.8. The van der Waals surface area contributed by atoms with E-state index < -0.39 is 10.0 Å². The van der Waals surface area contributed by atoms with E-state index in [1.807, 2.05) is 0 Å². The molecule has 0 spiro atoms. The Labute approximate surface area is 114 Å². The molecule has 0 amide bonds. The third-order valence-corrected chi connectivity index (χ3v) is 6.23. The highest BCUT2D eigenvalue weighted by Gasteiger charge is 2.38. The van der Waals surface area contributed by atoms with Gasteiger partial charge in [0.25, 0.3) is 0 Å². The molecule has 3 rings (SSSR count). The van der Waals surface area contributed by atoms with Gasteiger partial charge in [0, 0.05) is 37.6 Å². The first-order chi connectivity index (χ1) is 9.09. The quantitative estimate of drug-likeness (QED) is 0.809. The third-order valence-electron chi connectivity index (χ3n) is 4.38. The van der Waals surface area contributed by atoms with Crippen LogP contribution in [-0.2, 0) is 10.0 Å². The molecule has 5 nitrogen and oxygen atoms in total. The van der Waals surface area contributed by atoms with Crippen LogP contribution in [0.4, 0.5) is 0 Å². The van der Waals surface area contributed by atoms with Crippen molar-refractivity contribution in [1.29, 1.82) is 0 Å². The lowest BCUT2D eigenvalue weighted by atomic mass is 10.1. The van der Waals surface area contributed by atoms with Crippen molar-refractivity contribution in [2.24, 2.45) is 0 Å². The minimum Gasteiger partial charge on any atom is -0.299 e. The van der Waals surface area contributed by atoms with E-state index in [1.54, 1.807) is 22.6 Å². The predicted octanol–water partition coefficient (Wildman–Crippen LogP) is 0.939. The second-order valence-electron chi connectivity index (χ2n) is 5.39. The Kier molecular flexibility index (Phi) is 3.32.